The molecule has 1 unspecified atom stereocenters. The number of hydrogen-bond acceptors (Lipinski definition) is 4. The molecule has 7 heteroatoms. The standard InChI is InChI=1S/C13H14N2O5/c14-5-7-3-11(16)15(6-7)10-2-1-8(12(17)18)4-9(10)13(19)20/h1-2,4,7H,3,5-6,14H2,(H,17,18)(H,19,20). The number of carboxylic acids is 2. The Morgan fingerprint density at radius 3 is 2.50 bits per heavy atom. The first-order valence-corrected chi connectivity index (χ1v) is 6.05. The second kappa shape index (κ2) is 5.30. The van der Waals surface area contributed by atoms with Gasteiger partial charge in [0, 0.05) is 13.0 Å². The van der Waals surface area contributed by atoms with Gasteiger partial charge in [-0.15, -0.1) is 0 Å². The van der Waals surface area contributed by atoms with E-state index in [-0.39, 0.29) is 35.1 Å². The second-order valence-corrected chi connectivity index (χ2v) is 4.65. The Morgan fingerprint density at radius 1 is 1.30 bits per heavy atom. The molecule has 1 aliphatic heterocycles. The Labute approximate surface area is 114 Å². The lowest BCUT2D eigenvalue weighted by molar-refractivity contribution is -0.117. The molecule has 1 aromatic rings. The Morgan fingerprint density at radius 2 is 2.00 bits per heavy atom. The number of rotatable bonds is 4. The number of nitrogens with two attached hydrogens (primary N) is 1. The first-order chi connectivity index (χ1) is 9.43. The van der Waals surface area contributed by atoms with Crippen LogP contribution in [0, 0.1) is 5.92 Å². The molecule has 20 heavy (non-hydrogen) atoms. The minimum Gasteiger partial charge on any atom is -0.478 e. The van der Waals surface area contributed by atoms with Crippen LogP contribution in [0.3, 0.4) is 0 Å². The van der Waals surface area contributed by atoms with E-state index in [9.17, 15) is 19.5 Å². The third-order valence-electron chi connectivity index (χ3n) is 3.30. The molecule has 0 bridgehead atoms. The zero-order chi connectivity index (χ0) is 14.9. The Hall–Kier alpha value is -2.41. The van der Waals surface area contributed by atoms with Gasteiger partial charge in [-0.3, -0.25) is 4.79 Å². The molecular weight excluding hydrogens is 264 g/mol. The highest BCUT2D eigenvalue weighted by Gasteiger charge is 2.32. The van der Waals surface area contributed by atoms with E-state index in [1.807, 2.05) is 0 Å². The quantitative estimate of drug-likeness (QED) is 0.732. The summed E-state index contributed by atoms with van der Waals surface area (Å²) >= 11 is 0. The second-order valence-electron chi connectivity index (χ2n) is 4.65. The van der Waals surface area contributed by atoms with Crippen molar-refractivity contribution in [3.8, 4) is 0 Å². The van der Waals surface area contributed by atoms with Crippen LogP contribution < -0.4 is 10.6 Å². The number of hydrogen-bond donors (Lipinski definition) is 3. The van der Waals surface area contributed by atoms with Crippen molar-refractivity contribution in [3.63, 3.8) is 0 Å². The fourth-order valence-corrected chi connectivity index (χ4v) is 2.25. The molecule has 4 N–H and O–H groups in total. The predicted octanol–water partition coefficient (Wildman–Crippen LogP) is 0.395. The minimum atomic E-state index is -1.27. The lowest BCUT2D eigenvalue weighted by atomic mass is 10.1. The summed E-state index contributed by atoms with van der Waals surface area (Å²) < 4.78 is 0. The van der Waals surface area contributed by atoms with Crippen molar-refractivity contribution in [2.75, 3.05) is 18.0 Å². The van der Waals surface area contributed by atoms with Crippen LogP contribution in [0.2, 0.25) is 0 Å². The summed E-state index contributed by atoms with van der Waals surface area (Å²) in [6.07, 6.45) is 0.274. The van der Waals surface area contributed by atoms with Crippen molar-refractivity contribution in [2.45, 2.75) is 6.42 Å². The SMILES string of the molecule is NCC1CC(=O)N(c2ccc(C(=O)O)cc2C(=O)O)C1. The van der Waals surface area contributed by atoms with E-state index in [1.54, 1.807) is 0 Å². The Kier molecular flexibility index (Phi) is 3.71. The number of carboxylic acid groups (broad SMARTS) is 2. The third kappa shape index (κ3) is 2.48. The summed E-state index contributed by atoms with van der Waals surface area (Å²) in [6, 6.07) is 3.69. The molecule has 1 saturated heterocycles. The molecule has 7 nitrogen and oxygen atoms in total. The van der Waals surface area contributed by atoms with Gasteiger partial charge in [0.15, 0.2) is 0 Å². The summed E-state index contributed by atoms with van der Waals surface area (Å²) in [5.74, 6) is -2.70. The van der Waals surface area contributed by atoms with E-state index < -0.39 is 11.9 Å². The minimum absolute atomic E-state index is 0.0108. The molecule has 0 aromatic heterocycles. The van der Waals surface area contributed by atoms with Crippen molar-refractivity contribution in [1.82, 2.24) is 0 Å². The maximum absolute atomic E-state index is 11.9. The fraction of sp³-hybridized carbons (Fsp3) is 0.308. The number of nitrogens with zero attached hydrogens (tertiary/aromatic N) is 1. The third-order valence-corrected chi connectivity index (χ3v) is 3.30. The molecule has 1 atom stereocenters. The van der Waals surface area contributed by atoms with Crippen LogP contribution in [-0.4, -0.2) is 41.1 Å². The number of carbonyl (C=O) groups is 3. The average molecular weight is 278 g/mol. The van der Waals surface area contributed by atoms with Gasteiger partial charge >= 0.3 is 11.9 Å². The van der Waals surface area contributed by atoms with Crippen LogP contribution in [-0.2, 0) is 4.79 Å². The molecule has 0 radical (unpaired) electrons. The summed E-state index contributed by atoms with van der Waals surface area (Å²) in [5, 5.41) is 18.1. The zero-order valence-electron chi connectivity index (χ0n) is 10.6. The van der Waals surface area contributed by atoms with Crippen molar-refractivity contribution in [1.29, 1.82) is 0 Å². The molecular formula is C13H14N2O5. The van der Waals surface area contributed by atoms with Crippen LogP contribution >= 0.6 is 0 Å². The first-order valence-electron chi connectivity index (χ1n) is 6.05. The van der Waals surface area contributed by atoms with Crippen LogP contribution in [0.1, 0.15) is 27.1 Å². The van der Waals surface area contributed by atoms with Crippen LogP contribution in [0.15, 0.2) is 18.2 Å². The summed E-state index contributed by atoms with van der Waals surface area (Å²) in [5.41, 5.74) is 5.41. The van der Waals surface area contributed by atoms with Gasteiger partial charge in [-0.1, -0.05) is 0 Å². The zero-order valence-corrected chi connectivity index (χ0v) is 10.6. The number of carbonyl (C=O) groups excluding carboxylic acids is 1. The van der Waals surface area contributed by atoms with E-state index in [2.05, 4.69) is 0 Å². The van der Waals surface area contributed by atoms with E-state index in [4.69, 9.17) is 10.8 Å². The largest absolute Gasteiger partial charge is 0.478 e. The maximum Gasteiger partial charge on any atom is 0.337 e. The molecule has 0 aliphatic carbocycles. The summed E-state index contributed by atoms with van der Waals surface area (Å²) in [7, 11) is 0. The van der Waals surface area contributed by atoms with Crippen molar-refractivity contribution in [2.24, 2.45) is 11.7 Å². The van der Waals surface area contributed by atoms with E-state index >= 15 is 0 Å². The lowest BCUT2D eigenvalue weighted by Gasteiger charge is -2.19. The molecule has 106 valence electrons. The van der Waals surface area contributed by atoms with Gasteiger partial charge in [0.2, 0.25) is 5.91 Å². The summed E-state index contributed by atoms with van der Waals surface area (Å²) in [4.78, 5) is 35.4. The maximum atomic E-state index is 11.9. The highest BCUT2D eigenvalue weighted by Crippen LogP contribution is 2.28. The highest BCUT2D eigenvalue weighted by atomic mass is 16.4. The van der Waals surface area contributed by atoms with Crippen molar-refractivity contribution in [3.05, 3.63) is 29.3 Å². The summed E-state index contributed by atoms with van der Waals surface area (Å²) in [6.45, 7) is 0.694. The molecule has 1 aromatic carbocycles. The predicted molar refractivity (Wildman–Crippen MR) is 69.9 cm³/mol. The van der Waals surface area contributed by atoms with E-state index in [0.717, 1.165) is 6.07 Å². The van der Waals surface area contributed by atoms with E-state index in [0.29, 0.717) is 13.1 Å². The van der Waals surface area contributed by atoms with Gasteiger partial charge < -0.3 is 20.8 Å². The number of anilines is 1. The molecule has 1 aliphatic rings. The van der Waals surface area contributed by atoms with Gasteiger partial charge in [0.25, 0.3) is 0 Å². The van der Waals surface area contributed by atoms with Gasteiger partial charge in [0.1, 0.15) is 0 Å². The number of amides is 1. The molecule has 1 fully saturated rings. The van der Waals surface area contributed by atoms with Gasteiger partial charge in [-0.05, 0) is 30.7 Å². The lowest BCUT2D eigenvalue weighted by Crippen LogP contribution is -2.27. The highest BCUT2D eigenvalue weighted by molar-refractivity contribution is 6.04. The molecule has 2 rings (SSSR count). The topological polar surface area (TPSA) is 121 Å². The normalized spacial score (nSPS) is 18.4. The average Bonchev–Trinajstić information content (AvgIpc) is 2.79. The van der Waals surface area contributed by atoms with Crippen LogP contribution in [0.4, 0.5) is 5.69 Å². The van der Waals surface area contributed by atoms with Crippen molar-refractivity contribution >= 4 is 23.5 Å². The number of aromatic carboxylic acids is 2. The molecule has 1 amide bonds. The molecule has 0 spiro atoms. The Bertz CT molecular complexity index is 584. The van der Waals surface area contributed by atoms with Crippen LogP contribution in [0.5, 0.6) is 0 Å². The van der Waals surface area contributed by atoms with Crippen molar-refractivity contribution < 1.29 is 24.6 Å². The monoisotopic (exact) mass is 278 g/mol. The van der Waals surface area contributed by atoms with Crippen LogP contribution in [0.25, 0.3) is 0 Å². The van der Waals surface area contributed by atoms with Gasteiger partial charge in [-0.25, -0.2) is 9.59 Å². The van der Waals surface area contributed by atoms with E-state index in [1.165, 1.54) is 17.0 Å². The number of benzene rings is 1. The Balaban J connectivity index is 2.44. The smallest absolute Gasteiger partial charge is 0.337 e. The molecule has 1 heterocycles. The molecule has 0 saturated carbocycles. The first kappa shape index (κ1) is 14.0. The van der Waals surface area contributed by atoms with Gasteiger partial charge in [0.05, 0.1) is 16.8 Å². The fourth-order valence-electron chi connectivity index (χ4n) is 2.25. The van der Waals surface area contributed by atoms with Gasteiger partial charge in [-0.2, -0.15) is 0 Å².